The molecule has 0 N–H and O–H groups in total. The molecule has 0 saturated carbocycles. The third kappa shape index (κ3) is 5.71. The van der Waals surface area contributed by atoms with Gasteiger partial charge in [0.15, 0.2) is 0 Å². The lowest BCUT2D eigenvalue weighted by Gasteiger charge is -2.24. The van der Waals surface area contributed by atoms with Crippen LogP contribution >= 0.6 is 52.9 Å². The summed E-state index contributed by atoms with van der Waals surface area (Å²) in [4.78, 5) is 0. The van der Waals surface area contributed by atoms with Crippen LogP contribution in [0, 0.1) is 0 Å². The number of hydrogen-bond acceptors (Lipinski definition) is 5. The number of benzene rings is 1. The molecule has 7 heteroatoms. The molecule has 1 saturated heterocycles. The first-order valence-electron chi connectivity index (χ1n) is 7.53. The SMILES string of the molecule is CCCC(SP(=O)(S)OCC)C1CS[C@H](c2ccccc2)S1. The van der Waals surface area contributed by atoms with Gasteiger partial charge in [-0.3, -0.25) is 4.57 Å². The van der Waals surface area contributed by atoms with E-state index in [0.717, 1.165) is 18.6 Å². The van der Waals surface area contributed by atoms with Gasteiger partial charge in [-0.05, 0) is 18.9 Å². The van der Waals surface area contributed by atoms with E-state index in [1.807, 2.05) is 30.4 Å². The van der Waals surface area contributed by atoms with Crippen molar-refractivity contribution in [2.24, 2.45) is 0 Å². The van der Waals surface area contributed by atoms with E-state index in [-0.39, 0.29) is 0 Å². The Balaban J connectivity index is 2.00. The van der Waals surface area contributed by atoms with Crippen molar-refractivity contribution < 1.29 is 9.09 Å². The van der Waals surface area contributed by atoms with Crippen LogP contribution < -0.4 is 0 Å². The minimum absolute atomic E-state index is 0.339. The van der Waals surface area contributed by atoms with Gasteiger partial charge in [0.2, 0.25) is 0 Å². The largest absolute Gasteiger partial charge is 0.314 e. The summed E-state index contributed by atoms with van der Waals surface area (Å²) in [7, 11) is 0. The Hall–Kier alpha value is 0.810. The molecule has 0 spiro atoms. The lowest BCUT2D eigenvalue weighted by molar-refractivity contribution is 0.357. The lowest BCUT2D eigenvalue weighted by Crippen LogP contribution is -2.19. The summed E-state index contributed by atoms with van der Waals surface area (Å²) in [6, 6.07) is 10.6. The molecule has 1 fully saturated rings. The van der Waals surface area contributed by atoms with Gasteiger partial charge in [0.05, 0.1) is 11.2 Å². The fraction of sp³-hybridized carbons (Fsp3) is 0.600. The topological polar surface area (TPSA) is 26.3 Å². The molecule has 0 aromatic heterocycles. The Morgan fingerprint density at radius 1 is 1.41 bits per heavy atom. The van der Waals surface area contributed by atoms with Gasteiger partial charge >= 0.3 is 5.77 Å². The van der Waals surface area contributed by atoms with Crippen LogP contribution in [0.2, 0.25) is 0 Å². The van der Waals surface area contributed by atoms with Crippen LogP contribution in [0.15, 0.2) is 30.3 Å². The molecule has 2 nitrogen and oxygen atoms in total. The lowest BCUT2D eigenvalue weighted by atomic mass is 10.2. The van der Waals surface area contributed by atoms with Crippen LogP contribution in [-0.4, -0.2) is 22.9 Å². The highest BCUT2D eigenvalue weighted by Crippen LogP contribution is 2.67. The van der Waals surface area contributed by atoms with Crippen molar-refractivity contribution in [3.8, 4) is 0 Å². The van der Waals surface area contributed by atoms with Crippen molar-refractivity contribution in [1.82, 2.24) is 0 Å². The molecule has 0 aliphatic carbocycles. The van der Waals surface area contributed by atoms with Gasteiger partial charge in [-0.1, -0.05) is 67.3 Å². The van der Waals surface area contributed by atoms with Gasteiger partial charge in [0.1, 0.15) is 0 Å². The molecule has 0 bridgehead atoms. The standard InChI is InChI=1S/C15H23O2PS4/c1-3-8-13(22-18(16,19)17-4-2)14-11-20-15(21-14)12-9-6-5-7-10-12/h5-7,9-10,13-15H,3-4,8,11H2,1-2H3,(H,16,19)/t13?,14?,15-,18?/m0/s1. The second kappa shape index (κ2) is 9.33. The van der Waals surface area contributed by atoms with Crippen LogP contribution in [-0.2, 0) is 9.09 Å². The van der Waals surface area contributed by atoms with Gasteiger partial charge in [-0.15, -0.1) is 23.5 Å². The summed E-state index contributed by atoms with van der Waals surface area (Å²) >= 11 is 9.71. The summed E-state index contributed by atoms with van der Waals surface area (Å²) in [5.41, 5.74) is 1.37. The molecule has 1 aromatic rings. The fourth-order valence-corrected chi connectivity index (χ4v) is 11.5. The van der Waals surface area contributed by atoms with Crippen molar-refractivity contribution in [1.29, 1.82) is 0 Å². The maximum absolute atomic E-state index is 12.4. The van der Waals surface area contributed by atoms with Crippen LogP contribution in [0.4, 0.5) is 0 Å². The molecular formula is C15H23O2PS4. The second-order valence-corrected chi connectivity index (χ2v) is 14.3. The van der Waals surface area contributed by atoms with Crippen LogP contribution in [0.1, 0.15) is 36.8 Å². The summed E-state index contributed by atoms with van der Waals surface area (Å²) in [5, 5.41) is 0.840. The fourth-order valence-electron chi connectivity index (χ4n) is 2.36. The Kier molecular flexibility index (Phi) is 8.12. The zero-order chi connectivity index (χ0) is 16.0. The van der Waals surface area contributed by atoms with Crippen LogP contribution in [0.25, 0.3) is 0 Å². The molecule has 4 atom stereocenters. The Morgan fingerprint density at radius 3 is 2.77 bits per heavy atom. The third-order valence-electron chi connectivity index (χ3n) is 3.33. The minimum atomic E-state index is -2.83. The van der Waals surface area contributed by atoms with E-state index >= 15 is 0 Å². The first kappa shape index (κ1) is 19.1. The number of hydrogen-bond donors (Lipinski definition) is 1. The molecule has 1 aliphatic heterocycles. The Bertz CT molecular complexity index is 500. The molecular weight excluding hydrogens is 371 g/mol. The van der Waals surface area contributed by atoms with E-state index < -0.39 is 5.77 Å². The van der Waals surface area contributed by atoms with Gasteiger partial charge in [0.25, 0.3) is 0 Å². The highest BCUT2D eigenvalue weighted by Gasteiger charge is 2.36. The monoisotopic (exact) mass is 394 g/mol. The minimum Gasteiger partial charge on any atom is -0.314 e. The van der Waals surface area contributed by atoms with E-state index in [1.54, 1.807) is 0 Å². The molecule has 1 aliphatic rings. The van der Waals surface area contributed by atoms with E-state index in [0.29, 0.717) is 21.7 Å². The highest BCUT2D eigenvalue weighted by atomic mass is 33.1. The van der Waals surface area contributed by atoms with E-state index in [9.17, 15) is 4.57 Å². The zero-order valence-corrected chi connectivity index (χ0v) is 17.1. The molecule has 1 aromatic carbocycles. The first-order chi connectivity index (χ1) is 10.6. The summed E-state index contributed by atoms with van der Waals surface area (Å²) in [5.74, 6) is -1.74. The van der Waals surface area contributed by atoms with E-state index in [4.69, 9.17) is 4.52 Å². The van der Waals surface area contributed by atoms with E-state index in [2.05, 4.69) is 49.5 Å². The van der Waals surface area contributed by atoms with E-state index in [1.165, 1.54) is 16.9 Å². The van der Waals surface area contributed by atoms with Gasteiger partial charge in [-0.2, -0.15) is 0 Å². The predicted molar refractivity (Wildman–Crippen MR) is 108 cm³/mol. The molecule has 22 heavy (non-hydrogen) atoms. The molecule has 124 valence electrons. The molecule has 0 radical (unpaired) electrons. The Labute approximate surface area is 151 Å². The summed E-state index contributed by atoms with van der Waals surface area (Å²) in [6.45, 7) is 4.49. The smallest absolute Gasteiger partial charge is 0.310 e. The van der Waals surface area contributed by atoms with Crippen LogP contribution in [0.5, 0.6) is 0 Å². The molecule has 1 heterocycles. The van der Waals surface area contributed by atoms with Crippen molar-refractivity contribution in [2.45, 2.75) is 41.8 Å². The second-order valence-electron chi connectivity index (χ2n) is 5.07. The number of thioether (sulfide) groups is 2. The molecule has 3 unspecified atom stereocenters. The molecule has 2 rings (SSSR count). The summed E-state index contributed by atoms with van der Waals surface area (Å²) in [6.07, 6.45) is 2.15. The number of rotatable bonds is 8. The maximum atomic E-state index is 12.4. The quantitative estimate of drug-likeness (QED) is 0.400. The van der Waals surface area contributed by atoms with Gasteiger partial charge in [-0.25, -0.2) is 0 Å². The van der Waals surface area contributed by atoms with Gasteiger partial charge in [0, 0.05) is 16.3 Å². The Morgan fingerprint density at radius 2 is 2.14 bits per heavy atom. The average Bonchev–Trinajstić information content (AvgIpc) is 2.97. The third-order valence-corrected chi connectivity index (χ3v) is 11.8. The zero-order valence-electron chi connectivity index (χ0n) is 12.9. The first-order valence-corrected chi connectivity index (χ1v) is 13.8. The van der Waals surface area contributed by atoms with Crippen molar-refractivity contribution in [3.63, 3.8) is 0 Å². The number of thiol groups is 1. The average molecular weight is 395 g/mol. The van der Waals surface area contributed by atoms with Crippen LogP contribution in [0.3, 0.4) is 0 Å². The summed E-state index contributed by atoms with van der Waals surface area (Å²) < 4.78 is 18.2. The maximum Gasteiger partial charge on any atom is 0.310 e. The predicted octanol–water partition coefficient (Wildman–Crippen LogP) is 6.51. The van der Waals surface area contributed by atoms with Crippen molar-refractivity contribution >= 4 is 52.9 Å². The molecule has 0 amide bonds. The van der Waals surface area contributed by atoms with Gasteiger partial charge < -0.3 is 4.52 Å². The van der Waals surface area contributed by atoms with Crippen molar-refractivity contribution in [2.75, 3.05) is 12.4 Å². The highest BCUT2D eigenvalue weighted by molar-refractivity contribution is 8.84. The van der Waals surface area contributed by atoms with Crippen molar-refractivity contribution in [3.05, 3.63) is 35.9 Å². The normalized spacial score (nSPS) is 25.8.